The molecular formula is C14H19Cl2NO2. The van der Waals surface area contributed by atoms with Gasteiger partial charge in [-0.15, -0.1) is 0 Å². The lowest BCUT2D eigenvalue weighted by atomic mass is 10.0. The molecule has 1 aromatic carbocycles. The van der Waals surface area contributed by atoms with Gasteiger partial charge in [-0.2, -0.15) is 0 Å². The normalized spacial score (nSPS) is 21.3. The van der Waals surface area contributed by atoms with Crippen molar-refractivity contribution in [3.05, 3.63) is 33.8 Å². The maximum atomic E-state index is 6.29. The van der Waals surface area contributed by atoms with E-state index in [0.717, 1.165) is 18.5 Å². The van der Waals surface area contributed by atoms with Gasteiger partial charge in [0.05, 0.1) is 25.9 Å². The first kappa shape index (κ1) is 15.1. The fourth-order valence-electron chi connectivity index (χ4n) is 2.19. The molecule has 0 radical (unpaired) electrons. The monoisotopic (exact) mass is 303 g/mol. The van der Waals surface area contributed by atoms with E-state index in [9.17, 15) is 0 Å². The predicted octanol–water partition coefficient (Wildman–Crippen LogP) is 3.45. The molecule has 5 heteroatoms. The number of hydrogen-bond acceptors (Lipinski definition) is 3. The largest absolute Gasteiger partial charge is 0.376 e. The highest BCUT2D eigenvalue weighted by Gasteiger charge is 2.27. The van der Waals surface area contributed by atoms with Gasteiger partial charge in [0.15, 0.2) is 0 Å². The van der Waals surface area contributed by atoms with Crippen molar-refractivity contribution in [1.29, 1.82) is 0 Å². The molecule has 2 unspecified atom stereocenters. The Kier molecular flexibility index (Phi) is 5.92. The Hall–Kier alpha value is -0.320. The van der Waals surface area contributed by atoms with Gasteiger partial charge in [-0.3, -0.25) is 0 Å². The first-order chi connectivity index (χ1) is 9.22. The lowest BCUT2D eigenvalue weighted by molar-refractivity contribution is -0.102. The first-order valence-corrected chi connectivity index (χ1v) is 7.35. The first-order valence-electron chi connectivity index (χ1n) is 6.60. The van der Waals surface area contributed by atoms with E-state index < -0.39 is 0 Å². The third-order valence-electron chi connectivity index (χ3n) is 3.12. The van der Waals surface area contributed by atoms with Gasteiger partial charge >= 0.3 is 0 Å². The minimum Gasteiger partial charge on any atom is -0.376 e. The molecule has 1 aromatic rings. The van der Waals surface area contributed by atoms with E-state index in [-0.39, 0.29) is 12.1 Å². The Bertz CT molecular complexity index is 408. The lowest BCUT2D eigenvalue weighted by Gasteiger charge is -2.32. The van der Waals surface area contributed by atoms with Gasteiger partial charge in [-0.25, -0.2) is 0 Å². The van der Waals surface area contributed by atoms with Crippen LogP contribution in [0.4, 0.5) is 0 Å². The summed E-state index contributed by atoms with van der Waals surface area (Å²) in [5.41, 5.74) is 0.970. The maximum absolute atomic E-state index is 6.29. The second kappa shape index (κ2) is 7.46. The molecule has 0 aliphatic carbocycles. The molecule has 2 atom stereocenters. The zero-order valence-corrected chi connectivity index (χ0v) is 12.5. The molecule has 106 valence electrons. The van der Waals surface area contributed by atoms with E-state index in [4.69, 9.17) is 32.7 Å². The summed E-state index contributed by atoms with van der Waals surface area (Å²) in [5.74, 6) is 0. The number of nitrogens with one attached hydrogen (secondary N) is 1. The molecular weight excluding hydrogens is 285 g/mol. The molecule has 1 heterocycles. The van der Waals surface area contributed by atoms with Crippen LogP contribution in [-0.4, -0.2) is 32.5 Å². The summed E-state index contributed by atoms with van der Waals surface area (Å²) in [6.07, 6.45) is 1.01. The van der Waals surface area contributed by atoms with Gasteiger partial charge in [0.2, 0.25) is 0 Å². The number of halogens is 2. The van der Waals surface area contributed by atoms with Gasteiger partial charge < -0.3 is 14.8 Å². The van der Waals surface area contributed by atoms with E-state index >= 15 is 0 Å². The maximum Gasteiger partial charge on any atom is 0.100 e. The topological polar surface area (TPSA) is 30.5 Å². The van der Waals surface area contributed by atoms with E-state index in [0.29, 0.717) is 29.9 Å². The fraction of sp³-hybridized carbons (Fsp3) is 0.571. The summed E-state index contributed by atoms with van der Waals surface area (Å²) in [4.78, 5) is 0. The van der Waals surface area contributed by atoms with E-state index in [2.05, 4.69) is 12.2 Å². The smallest absolute Gasteiger partial charge is 0.100 e. The summed E-state index contributed by atoms with van der Waals surface area (Å²) in [6, 6.07) is 5.52. The van der Waals surface area contributed by atoms with Crippen LogP contribution in [0.25, 0.3) is 0 Å². The highest BCUT2D eigenvalue weighted by atomic mass is 35.5. The Morgan fingerprint density at radius 2 is 2.21 bits per heavy atom. The van der Waals surface area contributed by atoms with Crippen molar-refractivity contribution in [2.45, 2.75) is 25.5 Å². The number of hydrogen-bond donors (Lipinski definition) is 1. The molecule has 0 aromatic heterocycles. The van der Waals surface area contributed by atoms with Crippen LogP contribution in [0.3, 0.4) is 0 Å². The van der Waals surface area contributed by atoms with Crippen LogP contribution in [0.5, 0.6) is 0 Å². The number of rotatable bonds is 5. The van der Waals surface area contributed by atoms with Crippen LogP contribution in [0.1, 0.15) is 24.9 Å². The summed E-state index contributed by atoms with van der Waals surface area (Å²) < 4.78 is 11.3. The Balaban J connectivity index is 2.22. The SMILES string of the molecule is CCCNC(c1cc(Cl)ccc1Cl)C1COCCO1. The molecule has 0 bridgehead atoms. The summed E-state index contributed by atoms with van der Waals surface area (Å²) in [7, 11) is 0. The molecule has 1 aliphatic rings. The van der Waals surface area contributed by atoms with Gasteiger partial charge in [0, 0.05) is 10.0 Å². The van der Waals surface area contributed by atoms with E-state index in [1.807, 2.05) is 12.1 Å². The fourth-order valence-corrected chi connectivity index (χ4v) is 2.61. The molecule has 2 rings (SSSR count). The lowest BCUT2D eigenvalue weighted by Crippen LogP contribution is -2.41. The van der Waals surface area contributed by atoms with Crippen LogP contribution in [0.15, 0.2) is 18.2 Å². The summed E-state index contributed by atoms with van der Waals surface area (Å²) in [5, 5.41) is 4.86. The van der Waals surface area contributed by atoms with Crippen molar-refractivity contribution in [2.75, 3.05) is 26.4 Å². The summed E-state index contributed by atoms with van der Waals surface area (Å²) in [6.45, 7) is 4.87. The quantitative estimate of drug-likeness (QED) is 0.904. The highest BCUT2D eigenvalue weighted by Crippen LogP contribution is 2.30. The van der Waals surface area contributed by atoms with Gasteiger partial charge in [-0.1, -0.05) is 30.1 Å². The minimum absolute atomic E-state index is 0.00597. The zero-order valence-electron chi connectivity index (χ0n) is 11.0. The average Bonchev–Trinajstić information content (AvgIpc) is 2.44. The average molecular weight is 304 g/mol. The molecule has 1 aliphatic heterocycles. The number of ether oxygens (including phenoxy) is 2. The van der Waals surface area contributed by atoms with Crippen molar-refractivity contribution in [1.82, 2.24) is 5.32 Å². The van der Waals surface area contributed by atoms with Crippen molar-refractivity contribution in [2.24, 2.45) is 0 Å². The van der Waals surface area contributed by atoms with Crippen molar-refractivity contribution in [3.63, 3.8) is 0 Å². The molecule has 1 saturated heterocycles. The third-order valence-corrected chi connectivity index (χ3v) is 3.70. The minimum atomic E-state index is -0.0312. The zero-order chi connectivity index (χ0) is 13.7. The van der Waals surface area contributed by atoms with Crippen LogP contribution >= 0.6 is 23.2 Å². The molecule has 3 nitrogen and oxygen atoms in total. The Morgan fingerprint density at radius 3 is 2.89 bits per heavy atom. The molecule has 1 N–H and O–H groups in total. The van der Waals surface area contributed by atoms with Crippen LogP contribution in [0.2, 0.25) is 10.0 Å². The molecule has 1 fully saturated rings. The molecule has 0 spiro atoms. The van der Waals surface area contributed by atoms with Gasteiger partial charge in [0.25, 0.3) is 0 Å². The molecule has 0 amide bonds. The molecule has 0 saturated carbocycles. The standard InChI is InChI=1S/C14H19Cl2NO2/c1-2-5-17-14(13-9-18-6-7-19-13)11-8-10(15)3-4-12(11)16/h3-4,8,13-14,17H,2,5-7,9H2,1H3. The van der Waals surface area contributed by atoms with Crippen LogP contribution < -0.4 is 5.32 Å². The second-order valence-electron chi connectivity index (χ2n) is 4.58. The van der Waals surface area contributed by atoms with Crippen molar-refractivity contribution >= 4 is 23.2 Å². The van der Waals surface area contributed by atoms with Crippen LogP contribution in [-0.2, 0) is 9.47 Å². The van der Waals surface area contributed by atoms with E-state index in [1.165, 1.54) is 0 Å². The van der Waals surface area contributed by atoms with Crippen LogP contribution in [0, 0.1) is 0 Å². The Morgan fingerprint density at radius 1 is 1.37 bits per heavy atom. The molecule has 19 heavy (non-hydrogen) atoms. The highest BCUT2D eigenvalue weighted by molar-refractivity contribution is 6.33. The van der Waals surface area contributed by atoms with Crippen molar-refractivity contribution < 1.29 is 9.47 Å². The third kappa shape index (κ3) is 4.07. The predicted molar refractivity (Wildman–Crippen MR) is 78.1 cm³/mol. The van der Waals surface area contributed by atoms with Gasteiger partial charge in [0.1, 0.15) is 6.10 Å². The number of benzene rings is 1. The van der Waals surface area contributed by atoms with E-state index in [1.54, 1.807) is 6.07 Å². The second-order valence-corrected chi connectivity index (χ2v) is 5.43. The van der Waals surface area contributed by atoms with Gasteiger partial charge in [-0.05, 0) is 36.7 Å². The van der Waals surface area contributed by atoms with Crippen molar-refractivity contribution in [3.8, 4) is 0 Å². The summed E-state index contributed by atoms with van der Waals surface area (Å²) >= 11 is 12.4. The Labute approximate surface area is 124 Å².